The molecule has 0 aromatic rings. The Balaban J connectivity index is 2.05. The fourth-order valence-corrected chi connectivity index (χ4v) is 2.31. The Morgan fingerprint density at radius 1 is 1.29 bits per heavy atom. The van der Waals surface area contributed by atoms with E-state index < -0.39 is 18.1 Å². The van der Waals surface area contributed by atoms with Crippen LogP contribution in [0.4, 0.5) is 0 Å². The molecule has 2 fully saturated rings. The van der Waals surface area contributed by atoms with E-state index in [4.69, 9.17) is 9.84 Å². The molecule has 5 nitrogen and oxygen atoms in total. The Hall–Kier alpha value is -1.10. The Morgan fingerprint density at radius 2 is 1.94 bits per heavy atom. The fraction of sp³-hybridized carbons (Fsp3) is 0.833. The lowest BCUT2D eigenvalue weighted by Gasteiger charge is -2.28. The third-order valence-electron chi connectivity index (χ3n) is 3.48. The van der Waals surface area contributed by atoms with Gasteiger partial charge in [-0.1, -0.05) is 0 Å². The van der Waals surface area contributed by atoms with Gasteiger partial charge in [-0.15, -0.1) is 0 Å². The minimum atomic E-state index is -0.948. The van der Waals surface area contributed by atoms with Crippen LogP contribution < -0.4 is 0 Å². The largest absolute Gasteiger partial charge is 0.480 e. The molecule has 1 amide bonds. The number of carbonyl (C=O) groups excluding carboxylic acids is 1. The summed E-state index contributed by atoms with van der Waals surface area (Å²) in [5, 5.41) is 9.04. The predicted molar refractivity (Wildman–Crippen MR) is 60.5 cm³/mol. The van der Waals surface area contributed by atoms with E-state index in [0.29, 0.717) is 6.42 Å². The number of ether oxygens (including phenoxy) is 1. The van der Waals surface area contributed by atoms with Gasteiger partial charge in [-0.05, 0) is 39.5 Å². The van der Waals surface area contributed by atoms with Crippen molar-refractivity contribution < 1.29 is 19.4 Å². The summed E-state index contributed by atoms with van der Waals surface area (Å²) in [6.45, 7) is 3.51. The zero-order chi connectivity index (χ0) is 12.6. The highest BCUT2D eigenvalue weighted by Crippen LogP contribution is 2.31. The Labute approximate surface area is 101 Å². The number of hydrogen-bond acceptors (Lipinski definition) is 3. The minimum absolute atomic E-state index is 0.102. The molecule has 0 aromatic heterocycles. The molecule has 0 aromatic carbocycles. The molecule has 2 rings (SSSR count). The molecule has 1 N–H and O–H groups in total. The maximum Gasteiger partial charge on any atom is 0.326 e. The van der Waals surface area contributed by atoms with Crippen LogP contribution in [0.2, 0.25) is 0 Å². The first-order chi connectivity index (χ1) is 8.00. The molecule has 1 saturated carbocycles. The van der Waals surface area contributed by atoms with Gasteiger partial charge in [-0.3, -0.25) is 4.79 Å². The van der Waals surface area contributed by atoms with Crippen LogP contribution in [-0.4, -0.2) is 46.2 Å². The van der Waals surface area contributed by atoms with Crippen molar-refractivity contribution in [2.45, 2.75) is 63.8 Å². The van der Waals surface area contributed by atoms with Gasteiger partial charge in [0.15, 0.2) is 0 Å². The summed E-state index contributed by atoms with van der Waals surface area (Å²) in [4.78, 5) is 24.8. The lowest BCUT2D eigenvalue weighted by atomic mass is 10.1. The first kappa shape index (κ1) is 12.4. The van der Waals surface area contributed by atoms with Gasteiger partial charge in [0, 0.05) is 6.04 Å². The molecule has 3 atom stereocenters. The molecule has 0 radical (unpaired) electrons. The third-order valence-corrected chi connectivity index (χ3v) is 3.48. The fourth-order valence-electron chi connectivity index (χ4n) is 2.31. The first-order valence-corrected chi connectivity index (χ1v) is 6.21. The van der Waals surface area contributed by atoms with Gasteiger partial charge in [0.05, 0.1) is 6.10 Å². The van der Waals surface area contributed by atoms with E-state index in [-0.39, 0.29) is 18.1 Å². The number of carboxylic acid groups (broad SMARTS) is 1. The van der Waals surface area contributed by atoms with Crippen molar-refractivity contribution in [2.75, 3.05) is 0 Å². The summed E-state index contributed by atoms with van der Waals surface area (Å²) in [6.07, 6.45) is 3.06. The van der Waals surface area contributed by atoms with E-state index in [0.717, 1.165) is 19.3 Å². The summed E-state index contributed by atoms with van der Waals surface area (Å²) in [6, 6.07) is -0.650. The Kier molecular flexibility index (Phi) is 3.38. The van der Waals surface area contributed by atoms with Crippen LogP contribution >= 0.6 is 0 Å². The van der Waals surface area contributed by atoms with Crippen molar-refractivity contribution in [3.05, 3.63) is 0 Å². The van der Waals surface area contributed by atoms with Crippen LogP contribution in [0.3, 0.4) is 0 Å². The normalized spacial score (nSPS) is 30.0. The molecule has 1 saturated heterocycles. The van der Waals surface area contributed by atoms with Crippen molar-refractivity contribution in [1.29, 1.82) is 0 Å². The summed E-state index contributed by atoms with van der Waals surface area (Å²) in [7, 11) is 0. The van der Waals surface area contributed by atoms with Gasteiger partial charge in [0.25, 0.3) is 5.91 Å². The quantitative estimate of drug-likeness (QED) is 0.798. The molecule has 0 spiro atoms. The van der Waals surface area contributed by atoms with Crippen LogP contribution in [-0.2, 0) is 14.3 Å². The molecular formula is C12H19NO4. The summed E-state index contributed by atoms with van der Waals surface area (Å²) in [5.41, 5.74) is 0. The number of aliphatic carboxylic acids is 1. The van der Waals surface area contributed by atoms with Crippen molar-refractivity contribution in [3.63, 3.8) is 0 Å². The van der Waals surface area contributed by atoms with Crippen LogP contribution in [0.1, 0.15) is 39.5 Å². The number of rotatable bonds is 4. The molecular weight excluding hydrogens is 222 g/mol. The van der Waals surface area contributed by atoms with Crippen molar-refractivity contribution in [1.82, 2.24) is 4.90 Å². The number of nitrogens with zero attached hydrogens (tertiary/aromatic N) is 1. The van der Waals surface area contributed by atoms with Crippen LogP contribution in [0, 0.1) is 0 Å². The first-order valence-electron chi connectivity index (χ1n) is 6.21. The van der Waals surface area contributed by atoms with Gasteiger partial charge < -0.3 is 14.7 Å². The van der Waals surface area contributed by atoms with Gasteiger partial charge >= 0.3 is 5.97 Å². The maximum absolute atomic E-state index is 12.3. The maximum atomic E-state index is 12.3. The second-order valence-electron chi connectivity index (χ2n) is 5.00. The molecule has 1 unspecified atom stereocenters. The highest BCUT2D eigenvalue weighted by molar-refractivity contribution is 5.87. The standard InChI is InChI=1S/C12H19NO4/c1-7-3-6-10(17-7)11(14)13(9-4-5-9)8(2)12(15)16/h7-10H,3-6H2,1-2H3,(H,15,16)/t7-,8?,10-/m0/s1. The van der Waals surface area contributed by atoms with Crippen molar-refractivity contribution in [3.8, 4) is 0 Å². The number of carbonyl (C=O) groups is 2. The second kappa shape index (κ2) is 4.64. The van der Waals surface area contributed by atoms with E-state index in [2.05, 4.69) is 0 Å². The van der Waals surface area contributed by atoms with Crippen molar-refractivity contribution in [2.24, 2.45) is 0 Å². The van der Waals surface area contributed by atoms with E-state index >= 15 is 0 Å². The van der Waals surface area contributed by atoms with E-state index in [9.17, 15) is 9.59 Å². The Morgan fingerprint density at radius 3 is 2.35 bits per heavy atom. The molecule has 17 heavy (non-hydrogen) atoms. The lowest BCUT2D eigenvalue weighted by molar-refractivity contribution is -0.155. The molecule has 0 bridgehead atoms. The van der Waals surface area contributed by atoms with E-state index in [1.54, 1.807) is 6.92 Å². The number of carboxylic acids is 1. The smallest absolute Gasteiger partial charge is 0.326 e. The van der Waals surface area contributed by atoms with E-state index in [1.165, 1.54) is 4.90 Å². The molecule has 96 valence electrons. The minimum Gasteiger partial charge on any atom is -0.480 e. The Bertz CT molecular complexity index is 326. The average molecular weight is 241 g/mol. The van der Waals surface area contributed by atoms with Gasteiger partial charge in [-0.25, -0.2) is 4.79 Å². The van der Waals surface area contributed by atoms with Crippen LogP contribution in [0.15, 0.2) is 0 Å². The third kappa shape index (κ3) is 2.60. The monoisotopic (exact) mass is 241 g/mol. The molecule has 1 aliphatic carbocycles. The van der Waals surface area contributed by atoms with Gasteiger partial charge in [0.2, 0.25) is 0 Å². The zero-order valence-electron chi connectivity index (χ0n) is 10.3. The van der Waals surface area contributed by atoms with Crippen LogP contribution in [0.25, 0.3) is 0 Å². The van der Waals surface area contributed by atoms with Gasteiger partial charge in [0.1, 0.15) is 12.1 Å². The van der Waals surface area contributed by atoms with Gasteiger partial charge in [-0.2, -0.15) is 0 Å². The molecule has 1 aliphatic heterocycles. The summed E-state index contributed by atoms with van der Waals surface area (Å²) >= 11 is 0. The molecule has 1 heterocycles. The topological polar surface area (TPSA) is 66.8 Å². The SMILES string of the molecule is CC(C(=O)O)N(C(=O)[C@@H]1CC[C@H](C)O1)C1CC1. The molecule has 5 heteroatoms. The predicted octanol–water partition coefficient (Wildman–Crippen LogP) is 1.02. The number of amides is 1. The highest BCUT2D eigenvalue weighted by atomic mass is 16.5. The van der Waals surface area contributed by atoms with E-state index in [1.807, 2.05) is 6.92 Å². The van der Waals surface area contributed by atoms with Crippen molar-refractivity contribution >= 4 is 11.9 Å². The molecule has 2 aliphatic rings. The zero-order valence-corrected chi connectivity index (χ0v) is 10.3. The van der Waals surface area contributed by atoms with Crippen LogP contribution in [0.5, 0.6) is 0 Å². The number of hydrogen-bond donors (Lipinski definition) is 1. The second-order valence-corrected chi connectivity index (χ2v) is 5.00. The summed E-state index contributed by atoms with van der Waals surface area (Å²) < 4.78 is 5.53. The average Bonchev–Trinajstić information content (AvgIpc) is 3.00. The summed E-state index contributed by atoms with van der Waals surface area (Å²) in [5.74, 6) is -1.09. The highest BCUT2D eigenvalue weighted by Gasteiger charge is 2.42. The lowest BCUT2D eigenvalue weighted by Crippen LogP contribution is -2.49.